The van der Waals surface area contributed by atoms with Gasteiger partial charge in [0.05, 0.1) is 13.0 Å². The van der Waals surface area contributed by atoms with Crippen LogP contribution in [0.15, 0.2) is 42.5 Å². The molecule has 0 unspecified atom stereocenters. The molecule has 2 aromatic carbocycles. The second kappa shape index (κ2) is 8.32. The molecule has 2 amide bonds. The topological polar surface area (TPSA) is 79.5 Å². The summed E-state index contributed by atoms with van der Waals surface area (Å²) in [5, 5.41) is 9.57. The molecular formula is C23H27N3O3S. The Morgan fingerprint density at radius 1 is 1.27 bits per heavy atom. The minimum Gasteiger partial charge on any atom is -0.497 e. The summed E-state index contributed by atoms with van der Waals surface area (Å²) < 4.78 is 5.19. The van der Waals surface area contributed by atoms with Crippen molar-refractivity contribution < 1.29 is 14.3 Å². The van der Waals surface area contributed by atoms with Crippen LogP contribution in [0.2, 0.25) is 0 Å². The van der Waals surface area contributed by atoms with Crippen LogP contribution < -0.4 is 20.7 Å². The molecule has 2 aliphatic heterocycles. The number of benzene rings is 2. The van der Waals surface area contributed by atoms with Crippen LogP contribution in [0.5, 0.6) is 5.75 Å². The maximum Gasteiger partial charge on any atom is 0.250 e. The summed E-state index contributed by atoms with van der Waals surface area (Å²) in [7, 11) is 1.61. The Morgan fingerprint density at radius 2 is 2.03 bits per heavy atom. The van der Waals surface area contributed by atoms with Crippen molar-refractivity contribution in [2.75, 3.05) is 29.8 Å². The Bertz CT molecular complexity index is 963. The van der Waals surface area contributed by atoms with E-state index in [1.54, 1.807) is 31.0 Å². The molecule has 4 rings (SSSR count). The number of ether oxygens (including phenoxy) is 1. The van der Waals surface area contributed by atoms with Crippen LogP contribution in [0, 0.1) is 12.8 Å². The second-order valence-electron chi connectivity index (χ2n) is 7.94. The fraction of sp³-hybridized carbons (Fsp3) is 0.391. The lowest BCUT2D eigenvalue weighted by Gasteiger charge is -2.29. The minimum absolute atomic E-state index is 0.0984. The Morgan fingerprint density at radius 3 is 2.73 bits per heavy atom. The molecule has 158 valence electrons. The van der Waals surface area contributed by atoms with Gasteiger partial charge in [-0.25, -0.2) is 0 Å². The summed E-state index contributed by atoms with van der Waals surface area (Å²) in [6.07, 6.45) is 3.59. The SMILES string of the molecule is COc1ccc(NC(=O)[C@@H]2C[C@@H](CCSC)N[C@@]23C(=O)Nc2ccc(C)cc23)cc1. The van der Waals surface area contributed by atoms with Crippen molar-refractivity contribution in [3.8, 4) is 5.75 Å². The number of rotatable bonds is 6. The van der Waals surface area contributed by atoms with Crippen LogP contribution in [0.25, 0.3) is 0 Å². The molecule has 0 bridgehead atoms. The number of carbonyl (C=O) groups is 2. The third-order valence-electron chi connectivity index (χ3n) is 6.03. The number of aryl methyl sites for hydroxylation is 1. The number of hydrogen-bond donors (Lipinski definition) is 3. The van der Waals surface area contributed by atoms with Crippen LogP contribution in [0.4, 0.5) is 11.4 Å². The van der Waals surface area contributed by atoms with E-state index in [1.165, 1.54) is 0 Å². The maximum atomic E-state index is 13.4. The van der Waals surface area contributed by atoms with E-state index in [9.17, 15) is 9.59 Å². The third kappa shape index (κ3) is 3.56. The first-order valence-corrected chi connectivity index (χ1v) is 11.5. The highest BCUT2D eigenvalue weighted by Gasteiger charge is 2.59. The van der Waals surface area contributed by atoms with E-state index >= 15 is 0 Å². The van der Waals surface area contributed by atoms with Gasteiger partial charge >= 0.3 is 0 Å². The van der Waals surface area contributed by atoms with Crippen molar-refractivity contribution >= 4 is 35.0 Å². The Kier molecular flexibility index (Phi) is 5.75. The Labute approximate surface area is 181 Å². The van der Waals surface area contributed by atoms with Crippen LogP contribution in [0.1, 0.15) is 24.0 Å². The van der Waals surface area contributed by atoms with Gasteiger partial charge in [0.15, 0.2) is 0 Å². The number of fused-ring (bicyclic) bond motifs is 2. The normalized spacial score (nSPS) is 24.6. The van der Waals surface area contributed by atoms with Crippen LogP contribution in [-0.4, -0.2) is 37.0 Å². The van der Waals surface area contributed by atoms with E-state index in [4.69, 9.17) is 4.74 Å². The van der Waals surface area contributed by atoms with Crippen molar-refractivity contribution in [2.45, 2.75) is 31.3 Å². The highest BCUT2D eigenvalue weighted by molar-refractivity contribution is 7.98. The van der Waals surface area contributed by atoms with Crippen LogP contribution >= 0.6 is 11.8 Å². The molecule has 2 heterocycles. The van der Waals surface area contributed by atoms with Crippen LogP contribution in [0.3, 0.4) is 0 Å². The fourth-order valence-electron chi connectivity index (χ4n) is 4.53. The van der Waals surface area contributed by atoms with E-state index in [0.29, 0.717) is 12.1 Å². The van der Waals surface area contributed by atoms with Crippen molar-refractivity contribution in [2.24, 2.45) is 5.92 Å². The summed E-state index contributed by atoms with van der Waals surface area (Å²) in [6.45, 7) is 2.00. The number of carbonyl (C=O) groups excluding carboxylic acids is 2. The molecule has 0 aliphatic carbocycles. The number of nitrogens with one attached hydrogen (secondary N) is 3. The molecule has 2 aromatic rings. The van der Waals surface area contributed by atoms with Gasteiger partial charge in [-0.05, 0) is 62.1 Å². The lowest BCUT2D eigenvalue weighted by Crippen LogP contribution is -2.52. The van der Waals surface area contributed by atoms with Crippen molar-refractivity contribution in [1.29, 1.82) is 0 Å². The smallest absolute Gasteiger partial charge is 0.250 e. The first kappa shape index (κ1) is 20.8. The number of methoxy groups -OCH3 is 1. The molecule has 3 atom stereocenters. The monoisotopic (exact) mass is 425 g/mol. The molecule has 7 heteroatoms. The highest BCUT2D eigenvalue weighted by atomic mass is 32.2. The molecule has 0 saturated carbocycles. The van der Waals surface area contributed by atoms with Gasteiger partial charge in [-0.15, -0.1) is 0 Å². The van der Waals surface area contributed by atoms with Gasteiger partial charge in [0.2, 0.25) is 11.8 Å². The lowest BCUT2D eigenvalue weighted by atomic mass is 9.79. The number of hydrogen-bond acceptors (Lipinski definition) is 5. The van der Waals surface area contributed by atoms with E-state index in [2.05, 4.69) is 22.2 Å². The zero-order valence-electron chi connectivity index (χ0n) is 17.5. The van der Waals surface area contributed by atoms with Gasteiger partial charge in [-0.1, -0.05) is 17.7 Å². The summed E-state index contributed by atoms with van der Waals surface area (Å²) in [6, 6.07) is 13.2. The van der Waals surface area contributed by atoms with Gasteiger partial charge in [0.25, 0.3) is 0 Å². The van der Waals surface area contributed by atoms with Gasteiger partial charge in [0, 0.05) is 23.0 Å². The number of anilines is 2. The van der Waals surface area contributed by atoms with Crippen molar-refractivity contribution in [3.05, 3.63) is 53.6 Å². The summed E-state index contributed by atoms with van der Waals surface area (Å²) in [5.41, 5.74) is 2.36. The van der Waals surface area contributed by atoms with Gasteiger partial charge in [0.1, 0.15) is 11.3 Å². The second-order valence-corrected chi connectivity index (χ2v) is 8.93. The zero-order chi connectivity index (χ0) is 21.3. The predicted molar refractivity (Wildman–Crippen MR) is 121 cm³/mol. The molecule has 1 fully saturated rings. The Balaban J connectivity index is 1.68. The minimum atomic E-state index is -1.04. The molecule has 2 aliphatic rings. The molecule has 1 spiro atoms. The number of thioether (sulfide) groups is 1. The fourth-order valence-corrected chi connectivity index (χ4v) is 5.05. The largest absolute Gasteiger partial charge is 0.497 e. The van der Waals surface area contributed by atoms with E-state index in [-0.39, 0.29) is 17.9 Å². The lowest BCUT2D eigenvalue weighted by molar-refractivity contribution is -0.130. The molecule has 6 nitrogen and oxygen atoms in total. The zero-order valence-corrected chi connectivity index (χ0v) is 18.3. The highest BCUT2D eigenvalue weighted by Crippen LogP contribution is 2.48. The first-order valence-electron chi connectivity index (χ1n) is 10.1. The average molecular weight is 426 g/mol. The third-order valence-corrected chi connectivity index (χ3v) is 6.67. The van der Waals surface area contributed by atoms with Gasteiger partial charge in [-0.2, -0.15) is 11.8 Å². The summed E-state index contributed by atoms with van der Waals surface area (Å²) in [5.74, 6) is 0.898. The van der Waals surface area contributed by atoms with E-state index < -0.39 is 11.5 Å². The van der Waals surface area contributed by atoms with Gasteiger partial charge < -0.3 is 15.4 Å². The first-order chi connectivity index (χ1) is 14.5. The quantitative estimate of drug-likeness (QED) is 0.660. The predicted octanol–water partition coefficient (Wildman–Crippen LogP) is 3.52. The van der Waals surface area contributed by atoms with E-state index in [0.717, 1.165) is 34.7 Å². The molecule has 0 radical (unpaired) electrons. The molecule has 3 N–H and O–H groups in total. The standard InChI is InChI=1S/C23H27N3O3S/c1-14-4-9-20-18(12-14)23(22(28)25-20)19(13-16(26-23)10-11-30-3)21(27)24-15-5-7-17(29-2)8-6-15/h4-9,12,16,19,26H,10-11,13H2,1-3H3,(H,24,27)(H,25,28)/t16-,19+,23-/m1/s1. The van der Waals surface area contributed by atoms with Gasteiger partial charge in [-0.3, -0.25) is 14.9 Å². The average Bonchev–Trinajstić information content (AvgIpc) is 3.26. The summed E-state index contributed by atoms with van der Waals surface area (Å²) in [4.78, 5) is 26.7. The number of amides is 2. The maximum absolute atomic E-state index is 13.4. The molecular weight excluding hydrogens is 398 g/mol. The van der Waals surface area contributed by atoms with Crippen LogP contribution in [-0.2, 0) is 15.1 Å². The Hall–Kier alpha value is -2.51. The van der Waals surface area contributed by atoms with Crippen molar-refractivity contribution in [3.63, 3.8) is 0 Å². The molecule has 30 heavy (non-hydrogen) atoms. The van der Waals surface area contributed by atoms with Crippen molar-refractivity contribution in [1.82, 2.24) is 5.32 Å². The summed E-state index contributed by atoms with van der Waals surface area (Å²) >= 11 is 1.77. The van der Waals surface area contributed by atoms with E-state index in [1.807, 2.05) is 37.3 Å². The molecule has 0 aromatic heterocycles. The molecule has 1 saturated heterocycles.